The summed E-state index contributed by atoms with van der Waals surface area (Å²) in [6.45, 7) is 0. The summed E-state index contributed by atoms with van der Waals surface area (Å²) in [4.78, 5) is 27.0. The number of nitrogens with zero attached hydrogens (tertiary/aromatic N) is 1. The lowest BCUT2D eigenvalue weighted by atomic mass is 9.63. The zero-order valence-corrected chi connectivity index (χ0v) is 12.0. The van der Waals surface area contributed by atoms with Gasteiger partial charge in [-0.15, -0.1) is 0 Å². The van der Waals surface area contributed by atoms with Crippen molar-refractivity contribution >= 4 is 29.1 Å². The molecule has 1 saturated heterocycles. The number of amides is 2. The molecule has 1 aromatic carbocycles. The van der Waals surface area contributed by atoms with Gasteiger partial charge in [-0.3, -0.25) is 14.5 Å². The zero-order valence-electron chi connectivity index (χ0n) is 11.3. The standard InChI is InChI=1S/C17H14ClNO2/c18-8-1-3-9(4-2-8)19-16(20)14-10-5-6-11(13-7-12(10)13)15(14)17(19)21/h1-6,10-15H,7H2/t10-,11+,12-,13-,14+,15+/m1/s1. The second-order valence-corrected chi connectivity index (χ2v) is 7.08. The molecule has 0 N–H and O–H groups in total. The van der Waals surface area contributed by atoms with Gasteiger partial charge in [0.15, 0.2) is 0 Å². The molecule has 0 radical (unpaired) electrons. The number of benzene rings is 1. The summed E-state index contributed by atoms with van der Waals surface area (Å²) in [5, 5.41) is 0.609. The zero-order chi connectivity index (χ0) is 14.3. The fourth-order valence-electron chi connectivity index (χ4n) is 4.80. The normalized spacial score (nSPS) is 42.2. The van der Waals surface area contributed by atoms with Crippen molar-refractivity contribution in [3.8, 4) is 0 Å². The van der Waals surface area contributed by atoms with Gasteiger partial charge in [0.1, 0.15) is 0 Å². The van der Waals surface area contributed by atoms with Crippen LogP contribution in [0.1, 0.15) is 6.42 Å². The van der Waals surface area contributed by atoms with Crippen molar-refractivity contribution < 1.29 is 9.59 Å². The van der Waals surface area contributed by atoms with Crippen molar-refractivity contribution in [2.75, 3.05) is 4.90 Å². The van der Waals surface area contributed by atoms with Gasteiger partial charge in [0, 0.05) is 5.02 Å². The summed E-state index contributed by atoms with van der Waals surface area (Å²) in [5.74, 6) is 1.54. The molecule has 6 atom stereocenters. The van der Waals surface area contributed by atoms with E-state index >= 15 is 0 Å². The molecule has 5 aliphatic rings. The summed E-state index contributed by atoms with van der Waals surface area (Å²) in [6.07, 6.45) is 5.57. The summed E-state index contributed by atoms with van der Waals surface area (Å²) in [7, 11) is 0. The van der Waals surface area contributed by atoms with E-state index in [-0.39, 0.29) is 35.5 Å². The summed E-state index contributed by atoms with van der Waals surface area (Å²) < 4.78 is 0. The van der Waals surface area contributed by atoms with Crippen LogP contribution in [-0.4, -0.2) is 11.8 Å². The van der Waals surface area contributed by atoms with E-state index in [1.165, 1.54) is 11.3 Å². The van der Waals surface area contributed by atoms with Crippen LogP contribution in [0.5, 0.6) is 0 Å². The molecule has 1 aliphatic heterocycles. The lowest BCUT2D eigenvalue weighted by Crippen LogP contribution is -2.40. The maximum atomic E-state index is 12.8. The Kier molecular flexibility index (Phi) is 2.15. The number of carbonyl (C=O) groups excluding carboxylic acids is 2. The molecule has 1 heterocycles. The van der Waals surface area contributed by atoms with Crippen molar-refractivity contribution in [1.29, 1.82) is 0 Å². The largest absolute Gasteiger partial charge is 0.274 e. The van der Waals surface area contributed by atoms with Gasteiger partial charge in [-0.05, 0) is 54.4 Å². The van der Waals surface area contributed by atoms with E-state index in [1.54, 1.807) is 24.3 Å². The second kappa shape index (κ2) is 3.77. The van der Waals surface area contributed by atoms with E-state index < -0.39 is 0 Å². The van der Waals surface area contributed by atoms with Crippen LogP contribution < -0.4 is 4.90 Å². The van der Waals surface area contributed by atoms with E-state index in [2.05, 4.69) is 12.2 Å². The first-order valence-corrected chi connectivity index (χ1v) is 7.86. The maximum absolute atomic E-state index is 12.8. The minimum Gasteiger partial charge on any atom is -0.274 e. The minimum absolute atomic E-state index is 0.0166. The third kappa shape index (κ3) is 1.40. The lowest BCUT2D eigenvalue weighted by molar-refractivity contribution is -0.124. The first-order valence-electron chi connectivity index (χ1n) is 7.48. The highest BCUT2D eigenvalue weighted by atomic mass is 35.5. The van der Waals surface area contributed by atoms with Crippen LogP contribution in [0.15, 0.2) is 36.4 Å². The van der Waals surface area contributed by atoms with Crippen molar-refractivity contribution in [3.63, 3.8) is 0 Å². The van der Waals surface area contributed by atoms with Gasteiger partial charge >= 0.3 is 0 Å². The van der Waals surface area contributed by atoms with Crippen LogP contribution in [0.4, 0.5) is 5.69 Å². The maximum Gasteiger partial charge on any atom is 0.238 e. The van der Waals surface area contributed by atoms with Gasteiger partial charge in [-0.25, -0.2) is 0 Å². The van der Waals surface area contributed by atoms with Gasteiger partial charge in [-0.1, -0.05) is 23.8 Å². The Bertz CT molecular complexity index is 659. The quantitative estimate of drug-likeness (QED) is 0.591. The topological polar surface area (TPSA) is 37.4 Å². The number of hydrogen-bond donors (Lipinski definition) is 0. The Labute approximate surface area is 127 Å². The highest BCUT2D eigenvalue weighted by Crippen LogP contribution is 2.65. The second-order valence-electron chi connectivity index (χ2n) is 6.64. The molecular weight excluding hydrogens is 286 g/mol. The molecule has 106 valence electrons. The molecule has 2 saturated carbocycles. The number of imide groups is 1. The van der Waals surface area contributed by atoms with E-state index in [4.69, 9.17) is 11.6 Å². The molecule has 2 amide bonds. The van der Waals surface area contributed by atoms with Crippen molar-refractivity contribution in [2.24, 2.45) is 35.5 Å². The molecule has 2 bridgehead atoms. The van der Waals surface area contributed by atoms with Crippen LogP contribution in [0.25, 0.3) is 0 Å². The first kappa shape index (κ1) is 12.0. The highest BCUT2D eigenvalue weighted by Gasteiger charge is 2.67. The van der Waals surface area contributed by atoms with Crippen LogP contribution in [-0.2, 0) is 9.59 Å². The third-order valence-electron chi connectivity index (χ3n) is 5.75. The molecule has 3 nitrogen and oxygen atoms in total. The highest BCUT2D eigenvalue weighted by molar-refractivity contribution is 6.30. The van der Waals surface area contributed by atoms with E-state index in [0.29, 0.717) is 22.5 Å². The molecule has 4 heteroatoms. The third-order valence-corrected chi connectivity index (χ3v) is 6.00. The monoisotopic (exact) mass is 299 g/mol. The van der Waals surface area contributed by atoms with Crippen molar-refractivity contribution in [2.45, 2.75) is 6.42 Å². The average Bonchev–Trinajstić information content (AvgIpc) is 3.26. The molecule has 21 heavy (non-hydrogen) atoms. The van der Waals surface area contributed by atoms with Crippen molar-refractivity contribution in [1.82, 2.24) is 0 Å². The Hall–Kier alpha value is -1.61. The SMILES string of the molecule is O=C1[C@H]2[C@@H]3C=C[C@@H]([C@H]4C[C@H]34)[C@@H]2C(=O)N1c1ccc(Cl)cc1. The molecule has 1 aromatic rings. The number of anilines is 1. The molecule has 3 fully saturated rings. The fraction of sp³-hybridized carbons (Fsp3) is 0.412. The number of allylic oxidation sites excluding steroid dienone is 2. The fourth-order valence-corrected chi connectivity index (χ4v) is 4.93. The number of hydrogen-bond acceptors (Lipinski definition) is 2. The number of carbonyl (C=O) groups is 2. The molecule has 0 unspecified atom stereocenters. The Morgan fingerprint density at radius 2 is 1.43 bits per heavy atom. The van der Waals surface area contributed by atoms with Gasteiger partial charge in [-0.2, -0.15) is 0 Å². The van der Waals surface area contributed by atoms with Crippen LogP contribution in [0.3, 0.4) is 0 Å². The smallest absolute Gasteiger partial charge is 0.238 e. The Morgan fingerprint density at radius 1 is 0.905 bits per heavy atom. The van der Waals surface area contributed by atoms with Crippen molar-refractivity contribution in [3.05, 3.63) is 41.4 Å². The molecule has 6 rings (SSSR count). The van der Waals surface area contributed by atoms with Crippen LogP contribution in [0.2, 0.25) is 5.02 Å². The molecular formula is C17H14ClNO2. The van der Waals surface area contributed by atoms with Gasteiger partial charge in [0.25, 0.3) is 0 Å². The lowest BCUT2D eigenvalue weighted by Gasteiger charge is -2.37. The summed E-state index contributed by atoms with van der Waals surface area (Å²) in [6, 6.07) is 6.96. The van der Waals surface area contributed by atoms with Crippen LogP contribution >= 0.6 is 11.6 Å². The van der Waals surface area contributed by atoms with Crippen LogP contribution in [0, 0.1) is 35.5 Å². The van der Waals surface area contributed by atoms with E-state index in [9.17, 15) is 9.59 Å². The Balaban J connectivity index is 1.58. The average molecular weight is 300 g/mol. The first-order chi connectivity index (χ1) is 10.2. The van der Waals surface area contributed by atoms with E-state index in [1.807, 2.05) is 0 Å². The summed E-state index contributed by atoms with van der Waals surface area (Å²) >= 11 is 5.90. The predicted molar refractivity (Wildman–Crippen MR) is 78.6 cm³/mol. The van der Waals surface area contributed by atoms with Gasteiger partial charge in [0.05, 0.1) is 17.5 Å². The Morgan fingerprint density at radius 3 is 1.95 bits per heavy atom. The minimum atomic E-state index is -0.132. The van der Waals surface area contributed by atoms with Gasteiger partial charge in [0.2, 0.25) is 11.8 Å². The summed E-state index contributed by atoms with van der Waals surface area (Å²) in [5.41, 5.74) is 0.650. The predicted octanol–water partition coefficient (Wildman–Crippen LogP) is 2.90. The van der Waals surface area contributed by atoms with Gasteiger partial charge < -0.3 is 0 Å². The number of rotatable bonds is 1. The molecule has 0 spiro atoms. The van der Waals surface area contributed by atoms with E-state index in [0.717, 1.165) is 0 Å². The molecule has 4 aliphatic carbocycles. The number of halogens is 1. The molecule has 0 aromatic heterocycles.